The summed E-state index contributed by atoms with van der Waals surface area (Å²) in [6, 6.07) is 3.31. The Kier molecular flexibility index (Phi) is 3.61. The van der Waals surface area contributed by atoms with Crippen LogP contribution in [0.25, 0.3) is 0 Å². The Labute approximate surface area is 109 Å². The maximum absolute atomic E-state index is 13.1. The molecule has 0 saturated carbocycles. The van der Waals surface area contributed by atoms with E-state index < -0.39 is 17.0 Å². The van der Waals surface area contributed by atoms with Gasteiger partial charge in [0.2, 0.25) is 5.89 Å². The van der Waals surface area contributed by atoms with Crippen molar-refractivity contribution in [3.05, 3.63) is 47.1 Å². The van der Waals surface area contributed by atoms with Crippen LogP contribution in [0.4, 0.5) is 8.78 Å². The van der Waals surface area contributed by atoms with E-state index in [1.807, 2.05) is 13.8 Å². The van der Waals surface area contributed by atoms with Crippen molar-refractivity contribution in [1.29, 1.82) is 0 Å². The molecule has 1 heterocycles. The molecule has 0 saturated heterocycles. The lowest BCUT2D eigenvalue weighted by Crippen LogP contribution is -2.28. The van der Waals surface area contributed by atoms with E-state index in [1.54, 1.807) is 0 Å². The van der Waals surface area contributed by atoms with E-state index in [1.165, 1.54) is 12.1 Å². The van der Waals surface area contributed by atoms with Crippen molar-refractivity contribution in [2.45, 2.75) is 25.7 Å². The molecule has 1 aromatic heterocycles. The summed E-state index contributed by atoms with van der Waals surface area (Å²) < 4.78 is 31.2. The minimum absolute atomic E-state index is 0.207. The summed E-state index contributed by atoms with van der Waals surface area (Å²) in [6.45, 7) is 4.13. The Morgan fingerprint density at radius 1 is 1.21 bits per heavy atom. The molecule has 1 aromatic carbocycles. The maximum atomic E-state index is 13.1. The second-order valence-corrected chi connectivity index (χ2v) is 5.06. The summed E-state index contributed by atoms with van der Waals surface area (Å²) in [5, 5.41) is 3.80. The van der Waals surface area contributed by atoms with Crippen LogP contribution in [0.2, 0.25) is 0 Å². The SMILES string of the molecule is CC(C)(CN)c1nc(Cc2cc(F)cc(F)c2)no1. The van der Waals surface area contributed by atoms with E-state index >= 15 is 0 Å². The highest BCUT2D eigenvalue weighted by Crippen LogP contribution is 2.20. The van der Waals surface area contributed by atoms with Gasteiger partial charge in [-0.25, -0.2) is 8.78 Å². The monoisotopic (exact) mass is 267 g/mol. The number of halogens is 2. The minimum Gasteiger partial charge on any atom is -0.339 e. The third-order valence-corrected chi connectivity index (χ3v) is 2.84. The van der Waals surface area contributed by atoms with E-state index in [0.717, 1.165) is 6.07 Å². The summed E-state index contributed by atoms with van der Waals surface area (Å²) in [6.07, 6.45) is 0.207. The first-order valence-corrected chi connectivity index (χ1v) is 5.89. The van der Waals surface area contributed by atoms with Gasteiger partial charge in [0, 0.05) is 19.0 Å². The third kappa shape index (κ3) is 3.14. The Balaban J connectivity index is 2.20. The molecule has 0 radical (unpaired) electrons. The van der Waals surface area contributed by atoms with Crippen molar-refractivity contribution in [3.63, 3.8) is 0 Å². The Morgan fingerprint density at radius 3 is 2.42 bits per heavy atom. The molecular weight excluding hydrogens is 252 g/mol. The second-order valence-electron chi connectivity index (χ2n) is 5.06. The van der Waals surface area contributed by atoms with Crippen LogP contribution in [0.5, 0.6) is 0 Å². The van der Waals surface area contributed by atoms with Crippen LogP contribution in [-0.4, -0.2) is 16.7 Å². The average Bonchev–Trinajstić information content (AvgIpc) is 2.77. The van der Waals surface area contributed by atoms with E-state index in [-0.39, 0.29) is 6.42 Å². The molecule has 2 rings (SSSR count). The molecule has 0 atom stereocenters. The van der Waals surface area contributed by atoms with Crippen LogP contribution in [0.1, 0.15) is 31.1 Å². The van der Waals surface area contributed by atoms with Crippen LogP contribution in [0.15, 0.2) is 22.7 Å². The zero-order valence-electron chi connectivity index (χ0n) is 10.8. The van der Waals surface area contributed by atoms with E-state index in [4.69, 9.17) is 10.3 Å². The van der Waals surface area contributed by atoms with Gasteiger partial charge in [0.15, 0.2) is 5.82 Å². The molecule has 6 heteroatoms. The van der Waals surface area contributed by atoms with Crippen LogP contribution in [-0.2, 0) is 11.8 Å². The number of nitrogens with two attached hydrogens (primary N) is 1. The van der Waals surface area contributed by atoms with Crippen LogP contribution in [0, 0.1) is 11.6 Å². The van der Waals surface area contributed by atoms with Crippen molar-refractivity contribution >= 4 is 0 Å². The molecule has 0 aliphatic heterocycles. The topological polar surface area (TPSA) is 64.9 Å². The highest BCUT2D eigenvalue weighted by Gasteiger charge is 2.25. The summed E-state index contributed by atoms with van der Waals surface area (Å²) in [4.78, 5) is 4.20. The van der Waals surface area contributed by atoms with Gasteiger partial charge in [0.25, 0.3) is 0 Å². The third-order valence-electron chi connectivity index (χ3n) is 2.84. The van der Waals surface area contributed by atoms with Crippen molar-refractivity contribution in [1.82, 2.24) is 10.1 Å². The molecule has 19 heavy (non-hydrogen) atoms. The normalized spacial score (nSPS) is 11.8. The van der Waals surface area contributed by atoms with Crippen molar-refractivity contribution in [2.24, 2.45) is 5.73 Å². The second kappa shape index (κ2) is 5.05. The summed E-state index contributed by atoms with van der Waals surface area (Å²) >= 11 is 0. The van der Waals surface area contributed by atoms with Crippen molar-refractivity contribution in [2.75, 3.05) is 6.54 Å². The average molecular weight is 267 g/mol. The first-order valence-electron chi connectivity index (χ1n) is 5.89. The van der Waals surface area contributed by atoms with Gasteiger partial charge < -0.3 is 10.3 Å². The Bertz CT molecular complexity index is 561. The van der Waals surface area contributed by atoms with Gasteiger partial charge in [-0.3, -0.25) is 0 Å². The van der Waals surface area contributed by atoms with E-state index in [0.29, 0.717) is 23.8 Å². The van der Waals surface area contributed by atoms with Gasteiger partial charge in [-0.05, 0) is 31.5 Å². The van der Waals surface area contributed by atoms with Crippen molar-refractivity contribution in [3.8, 4) is 0 Å². The molecule has 0 bridgehead atoms. The number of nitrogens with zero attached hydrogens (tertiary/aromatic N) is 2. The molecule has 0 fully saturated rings. The van der Waals surface area contributed by atoms with Gasteiger partial charge in [-0.15, -0.1) is 0 Å². The summed E-state index contributed by atoms with van der Waals surface area (Å²) in [5.41, 5.74) is 5.65. The largest absolute Gasteiger partial charge is 0.339 e. The zero-order valence-corrected chi connectivity index (χ0v) is 10.8. The van der Waals surface area contributed by atoms with E-state index in [2.05, 4.69) is 10.1 Å². The molecule has 0 spiro atoms. The van der Waals surface area contributed by atoms with Gasteiger partial charge in [-0.2, -0.15) is 4.98 Å². The number of hydrogen-bond donors (Lipinski definition) is 1. The van der Waals surface area contributed by atoms with Crippen LogP contribution in [0.3, 0.4) is 0 Å². The van der Waals surface area contributed by atoms with Gasteiger partial charge in [0.1, 0.15) is 11.6 Å². The fraction of sp³-hybridized carbons (Fsp3) is 0.385. The van der Waals surface area contributed by atoms with Gasteiger partial charge in [0.05, 0.1) is 5.41 Å². The van der Waals surface area contributed by atoms with Crippen LogP contribution < -0.4 is 5.73 Å². The predicted octanol–water partition coefficient (Wildman–Crippen LogP) is 2.17. The van der Waals surface area contributed by atoms with Gasteiger partial charge in [-0.1, -0.05) is 5.16 Å². The molecule has 4 nitrogen and oxygen atoms in total. The fourth-order valence-electron chi connectivity index (χ4n) is 1.58. The zero-order chi connectivity index (χ0) is 14.0. The minimum atomic E-state index is -0.624. The molecule has 0 aliphatic carbocycles. The number of aromatic nitrogens is 2. The molecule has 2 aromatic rings. The number of rotatable bonds is 4. The molecule has 2 N–H and O–H groups in total. The lowest BCUT2D eigenvalue weighted by molar-refractivity contribution is 0.309. The summed E-state index contributed by atoms with van der Waals surface area (Å²) in [5.74, 6) is -0.453. The Morgan fingerprint density at radius 2 is 1.84 bits per heavy atom. The fourth-order valence-corrected chi connectivity index (χ4v) is 1.58. The number of benzene rings is 1. The first kappa shape index (κ1) is 13.6. The molecular formula is C13H15F2N3O. The molecule has 0 unspecified atom stereocenters. The lowest BCUT2D eigenvalue weighted by atomic mass is 9.94. The van der Waals surface area contributed by atoms with E-state index in [9.17, 15) is 8.78 Å². The molecule has 0 aliphatic rings. The number of hydrogen-bond acceptors (Lipinski definition) is 4. The Hall–Kier alpha value is -1.82. The predicted molar refractivity (Wildman–Crippen MR) is 65.5 cm³/mol. The highest BCUT2D eigenvalue weighted by molar-refractivity contribution is 5.21. The molecule has 0 amide bonds. The maximum Gasteiger partial charge on any atom is 0.233 e. The first-order chi connectivity index (χ1) is 8.90. The van der Waals surface area contributed by atoms with Gasteiger partial charge >= 0.3 is 0 Å². The quantitative estimate of drug-likeness (QED) is 0.922. The highest BCUT2D eigenvalue weighted by atomic mass is 19.1. The van der Waals surface area contributed by atoms with Crippen molar-refractivity contribution < 1.29 is 13.3 Å². The molecule has 102 valence electrons. The standard InChI is InChI=1S/C13H15F2N3O/c1-13(2,7-16)12-17-11(18-19-12)5-8-3-9(14)6-10(15)4-8/h3-4,6H,5,7,16H2,1-2H3. The summed E-state index contributed by atoms with van der Waals surface area (Å²) in [7, 11) is 0. The smallest absolute Gasteiger partial charge is 0.233 e. The van der Waals surface area contributed by atoms with Crippen LogP contribution >= 0.6 is 0 Å². The lowest BCUT2D eigenvalue weighted by Gasteiger charge is -2.15.